The predicted molar refractivity (Wildman–Crippen MR) is 98.0 cm³/mol. The van der Waals surface area contributed by atoms with Crippen LogP contribution in [0.5, 0.6) is 11.5 Å². The molecule has 4 rings (SSSR count). The summed E-state index contributed by atoms with van der Waals surface area (Å²) in [4.78, 5) is 28.5. The Morgan fingerprint density at radius 3 is 2.62 bits per heavy atom. The highest BCUT2D eigenvalue weighted by molar-refractivity contribution is 7.14. The zero-order valence-electron chi connectivity index (χ0n) is 15.1. The molecule has 1 amide bonds. The minimum absolute atomic E-state index is 0.00997. The number of Topliss-reactive ketones (excluding diaryl/α,β-unsaturated/α-hetero) is 1. The predicted octanol–water partition coefficient (Wildman–Crippen LogP) is 4.27. The van der Waals surface area contributed by atoms with Crippen LogP contribution in [-0.4, -0.2) is 29.4 Å². The molecule has 2 aliphatic carbocycles. The lowest BCUT2D eigenvalue weighted by atomic mass is 9.81. The quantitative estimate of drug-likeness (QED) is 0.638. The van der Waals surface area contributed by atoms with Gasteiger partial charge in [0.05, 0.1) is 0 Å². The van der Waals surface area contributed by atoms with Crippen LogP contribution >= 0.6 is 11.3 Å². The van der Waals surface area contributed by atoms with Gasteiger partial charge >= 0.3 is 6.61 Å². The van der Waals surface area contributed by atoms with Gasteiger partial charge in [0.1, 0.15) is 17.6 Å². The molecule has 1 heterocycles. The van der Waals surface area contributed by atoms with E-state index in [9.17, 15) is 22.8 Å². The minimum Gasteiger partial charge on any atom is -0.486 e. The van der Waals surface area contributed by atoms with E-state index in [0.29, 0.717) is 23.7 Å². The van der Waals surface area contributed by atoms with E-state index in [0.717, 1.165) is 31.0 Å². The first kappa shape index (κ1) is 19.7. The number of thiazole rings is 1. The van der Waals surface area contributed by atoms with Crippen molar-refractivity contribution in [3.63, 3.8) is 0 Å². The number of rotatable bonds is 8. The van der Waals surface area contributed by atoms with Gasteiger partial charge < -0.3 is 14.8 Å². The van der Waals surface area contributed by atoms with E-state index >= 15 is 0 Å². The second-order valence-electron chi connectivity index (χ2n) is 7.04. The van der Waals surface area contributed by atoms with Crippen molar-refractivity contribution in [2.75, 3.05) is 5.32 Å². The van der Waals surface area contributed by atoms with Crippen LogP contribution in [0.1, 0.15) is 36.2 Å². The molecule has 2 aromatic rings. The maximum Gasteiger partial charge on any atom is 0.387 e. The zero-order chi connectivity index (χ0) is 20.5. The second-order valence-corrected chi connectivity index (χ2v) is 7.90. The Morgan fingerprint density at radius 2 is 1.93 bits per heavy atom. The van der Waals surface area contributed by atoms with Crippen LogP contribution in [0.15, 0.2) is 23.6 Å². The number of amides is 1. The number of ketones is 1. The third kappa shape index (κ3) is 4.69. The number of carbonyl (C=O) groups is 2. The molecule has 2 aliphatic rings. The van der Waals surface area contributed by atoms with Crippen LogP contribution in [0.3, 0.4) is 0 Å². The fraction of sp³-hybridized carbons (Fsp3) is 0.421. The van der Waals surface area contributed by atoms with Crippen molar-refractivity contribution < 1.29 is 32.2 Å². The molecule has 0 radical (unpaired) electrons. The Balaban J connectivity index is 1.29. The first-order valence-corrected chi connectivity index (χ1v) is 9.98. The second kappa shape index (κ2) is 8.02. The average Bonchev–Trinajstić information content (AvgIpc) is 3.38. The number of nitrogens with zero attached hydrogens (tertiary/aromatic N) is 1. The van der Waals surface area contributed by atoms with E-state index in [2.05, 4.69) is 15.0 Å². The van der Waals surface area contributed by atoms with Crippen LogP contribution in [0.4, 0.5) is 18.3 Å². The maximum atomic E-state index is 13.4. The molecule has 0 atom stereocenters. The highest BCUT2D eigenvalue weighted by atomic mass is 32.1. The molecule has 1 aromatic carbocycles. The van der Waals surface area contributed by atoms with Crippen LogP contribution in [0.25, 0.3) is 0 Å². The lowest BCUT2D eigenvalue weighted by molar-refractivity contribution is -0.125. The standard InChI is InChI=1S/C19H17F3N2O4S/c20-11-3-4-14(28-18(21)22)15(7-11)27-12-5-10(6-12)17(26)24-19-23-13(8-29-19)16(25)9-1-2-9/h3-4,7-10,12,18H,1-2,5-6H2,(H,23,24,26)/t10-,12-. The molecule has 154 valence electrons. The Hall–Kier alpha value is -2.62. The van der Waals surface area contributed by atoms with Gasteiger partial charge in [0.25, 0.3) is 0 Å². The number of ether oxygens (including phenoxy) is 2. The summed E-state index contributed by atoms with van der Waals surface area (Å²) in [5, 5.41) is 4.68. The van der Waals surface area contributed by atoms with Crippen molar-refractivity contribution in [2.24, 2.45) is 11.8 Å². The fourth-order valence-electron chi connectivity index (χ4n) is 3.03. The number of nitrogens with one attached hydrogen (secondary N) is 1. The summed E-state index contributed by atoms with van der Waals surface area (Å²) >= 11 is 1.19. The molecule has 1 aromatic heterocycles. The van der Waals surface area contributed by atoms with Gasteiger partial charge in [0, 0.05) is 23.3 Å². The largest absolute Gasteiger partial charge is 0.486 e. The number of halogens is 3. The number of hydrogen-bond donors (Lipinski definition) is 1. The third-order valence-corrected chi connectivity index (χ3v) is 5.57. The number of hydrogen-bond acceptors (Lipinski definition) is 6. The van der Waals surface area contributed by atoms with Crippen molar-refractivity contribution in [3.05, 3.63) is 35.1 Å². The van der Waals surface area contributed by atoms with Crippen LogP contribution in [-0.2, 0) is 4.79 Å². The topological polar surface area (TPSA) is 77.5 Å². The lowest BCUT2D eigenvalue weighted by Crippen LogP contribution is -2.40. The summed E-state index contributed by atoms with van der Waals surface area (Å²) in [7, 11) is 0. The minimum atomic E-state index is -3.06. The normalized spacial score (nSPS) is 20.8. The lowest BCUT2D eigenvalue weighted by Gasteiger charge is -2.34. The van der Waals surface area contributed by atoms with Crippen LogP contribution in [0.2, 0.25) is 0 Å². The van der Waals surface area contributed by atoms with E-state index < -0.39 is 18.5 Å². The van der Waals surface area contributed by atoms with Crippen molar-refractivity contribution in [2.45, 2.75) is 38.4 Å². The molecular formula is C19H17F3N2O4S. The number of carbonyl (C=O) groups excluding carboxylic acids is 2. The van der Waals surface area contributed by atoms with Gasteiger partial charge in [0.15, 0.2) is 22.4 Å². The fourth-order valence-corrected chi connectivity index (χ4v) is 3.73. The molecule has 2 fully saturated rings. The Labute approximate surface area is 168 Å². The van der Waals surface area contributed by atoms with Crippen LogP contribution in [0, 0.1) is 17.7 Å². The van der Waals surface area contributed by atoms with Gasteiger partial charge in [-0.1, -0.05) is 0 Å². The molecule has 0 aliphatic heterocycles. The van der Waals surface area contributed by atoms with Crippen molar-refractivity contribution in [1.29, 1.82) is 0 Å². The van der Waals surface area contributed by atoms with E-state index in [4.69, 9.17) is 4.74 Å². The van der Waals surface area contributed by atoms with Gasteiger partial charge in [-0.15, -0.1) is 11.3 Å². The Kier molecular flexibility index (Phi) is 5.44. The number of anilines is 1. The maximum absolute atomic E-state index is 13.4. The van der Waals surface area contributed by atoms with E-state index in [1.165, 1.54) is 11.3 Å². The summed E-state index contributed by atoms with van der Waals surface area (Å²) in [5.41, 5.74) is 0.375. The molecule has 10 heteroatoms. The Morgan fingerprint density at radius 1 is 1.17 bits per heavy atom. The third-order valence-electron chi connectivity index (χ3n) is 4.82. The molecule has 0 spiro atoms. The average molecular weight is 426 g/mol. The number of alkyl halides is 2. The van der Waals surface area contributed by atoms with E-state index in [-0.39, 0.29) is 35.0 Å². The van der Waals surface area contributed by atoms with Gasteiger partial charge in [-0.25, -0.2) is 9.37 Å². The Bertz CT molecular complexity index is 926. The van der Waals surface area contributed by atoms with Gasteiger partial charge in [-0.3, -0.25) is 9.59 Å². The van der Waals surface area contributed by atoms with E-state index in [1.54, 1.807) is 5.38 Å². The number of benzene rings is 1. The molecule has 1 N–H and O–H groups in total. The molecule has 29 heavy (non-hydrogen) atoms. The summed E-state index contributed by atoms with van der Waals surface area (Å²) in [5.74, 6) is -1.56. The first-order valence-electron chi connectivity index (χ1n) is 9.10. The van der Waals surface area contributed by atoms with Gasteiger partial charge in [-0.2, -0.15) is 8.78 Å². The van der Waals surface area contributed by atoms with Crippen LogP contribution < -0.4 is 14.8 Å². The SMILES string of the molecule is O=C(c1csc(NC(=O)[C@H]2C[C@H](Oc3cc(F)ccc3OC(F)F)C2)n1)C1CC1. The van der Waals surface area contributed by atoms with Gasteiger partial charge in [-0.05, 0) is 37.8 Å². The highest BCUT2D eigenvalue weighted by Crippen LogP contribution is 2.37. The molecule has 0 saturated heterocycles. The monoisotopic (exact) mass is 426 g/mol. The highest BCUT2D eigenvalue weighted by Gasteiger charge is 2.37. The zero-order valence-corrected chi connectivity index (χ0v) is 15.9. The van der Waals surface area contributed by atoms with Crippen molar-refractivity contribution >= 4 is 28.2 Å². The number of aromatic nitrogens is 1. The molecule has 2 saturated carbocycles. The molecule has 0 bridgehead atoms. The van der Waals surface area contributed by atoms with Crippen molar-refractivity contribution in [3.8, 4) is 11.5 Å². The molecular weight excluding hydrogens is 409 g/mol. The summed E-state index contributed by atoms with van der Waals surface area (Å²) in [6, 6.07) is 3.04. The summed E-state index contributed by atoms with van der Waals surface area (Å²) < 4.78 is 48.2. The van der Waals surface area contributed by atoms with E-state index in [1.807, 2.05) is 0 Å². The first-order chi connectivity index (χ1) is 13.9. The molecule has 6 nitrogen and oxygen atoms in total. The smallest absolute Gasteiger partial charge is 0.387 e. The van der Waals surface area contributed by atoms with Crippen molar-refractivity contribution in [1.82, 2.24) is 4.98 Å². The van der Waals surface area contributed by atoms with Gasteiger partial charge in [0.2, 0.25) is 5.91 Å². The summed E-state index contributed by atoms with van der Waals surface area (Å²) in [6.45, 7) is -3.06. The summed E-state index contributed by atoms with van der Waals surface area (Å²) in [6.07, 6.45) is 2.04. The molecule has 0 unspecified atom stereocenters.